The van der Waals surface area contributed by atoms with E-state index in [0.29, 0.717) is 18.6 Å². The Morgan fingerprint density at radius 2 is 1.69 bits per heavy atom. The van der Waals surface area contributed by atoms with Gasteiger partial charge in [-0.3, -0.25) is 0 Å². The van der Waals surface area contributed by atoms with Crippen molar-refractivity contribution in [1.82, 2.24) is 5.32 Å². The molecule has 0 aromatic heterocycles. The van der Waals surface area contributed by atoms with Crippen molar-refractivity contribution in [2.24, 2.45) is 0 Å². The van der Waals surface area contributed by atoms with Gasteiger partial charge in [0.15, 0.2) is 0 Å². The Bertz CT molecular complexity index is 626. The minimum Gasteiger partial charge on any atom is -0.508 e. The van der Waals surface area contributed by atoms with Crippen LogP contribution in [0, 0.1) is 0 Å². The van der Waals surface area contributed by atoms with Gasteiger partial charge in [-0.05, 0) is 81.8 Å². The van der Waals surface area contributed by atoms with E-state index in [1.807, 2.05) is 6.92 Å². The Morgan fingerprint density at radius 3 is 2.45 bits per heavy atom. The van der Waals surface area contributed by atoms with Gasteiger partial charge in [0.25, 0.3) is 0 Å². The summed E-state index contributed by atoms with van der Waals surface area (Å²) in [5.41, 5.74) is 1.45. The molecule has 0 spiro atoms. The molecule has 0 radical (unpaired) electrons. The summed E-state index contributed by atoms with van der Waals surface area (Å²) >= 11 is 0. The van der Waals surface area contributed by atoms with Crippen molar-refractivity contribution in [1.29, 1.82) is 0 Å². The van der Waals surface area contributed by atoms with Crippen molar-refractivity contribution in [3.8, 4) is 0 Å². The van der Waals surface area contributed by atoms with Crippen LogP contribution in [0.25, 0.3) is 0 Å². The molecule has 0 saturated carbocycles. The van der Waals surface area contributed by atoms with E-state index < -0.39 is 5.60 Å². The summed E-state index contributed by atoms with van der Waals surface area (Å²) < 4.78 is 5.74. The second-order valence-corrected chi connectivity index (χ2v) is 8.25. The van der Waals surface area contributed by atoms with Crippen LogP contribution in [-0.2, 0) is 11.2 Å². The first kappa shape index (κ1) is 23.7. The highest BCUT2D eigenvalue weighted by Crippen LogP contribution is 2.28. The van der Waals surface area contributed by atoms with Crippen LogP contribution in [0.1, 0.15) is 63.9 Å². The van der Waals surface area contributed by atoms with Crippen LogP contribution in [0.2, 0.25) is 0 Å². The molecule has 0 bridgehead atoms. The molecule has 1 aromatic carbocycles. The SMILES string of the molecule is CC1=C(O)C=CC(O)(CCNCCCCCCOCCCCc2ccccc2)C1. The molecule has 4 heteroatoms. The number of nitrogens with one attached hydrogen (secondary N) is 1. The Labute approximate surface area is 176 Å². The Kier molecular flexibility index (Phi) is 11.1. The molecule has 0 amide bonds. The fraction of sp³-hybridized carbons (Fsp3) is 0.600. The maximum absolute atomic E-state index is 10.5. The van der Waals surface area contributed by atoms with E-state index in [1.165, 1.54) is 24.8 Å². The monoisotopic (exact) mass is 401 g/mol. The van der Waals surface area contributed by atoms with Crippen LogP contribution in [0.3, 0.4) is 0 Å². The quantitative estimate of drug-likeness (QED) is 0.358. The number of hydrogen-bond donors (Lipinski definition) is 3. The fourth-order valence-corrected chi connectivity index (χ4v) is 3.67. The van der Waals surface area contributed by atoms with Crippen molar-refractivity contribution in [3.05, 3.63) is 59.4 Å². The third-order valence-electron chi connectivity index (χ3n) is 5.53. The highest BCUT2D eigenvalue weighted by molar-refractivity contribution is 5.28. The van der Waals surface area contributed by atoms with Gasteiger partial charge in [-0.25, -0.2) is 0 Å². The predicted molar refractivity (Wildman–Crippen MR) is 120 cm³/mol. The van der Waals surface area contributed by atoms with Gasteiger partial charge < -0.3 is 20.3 Å². The molecular formula is C25H39NO3. The molecule has 0 heterocycles. The Morgan fingerprint density at radius 1 is 0.966 bits per heavy atom. The average molecular weight is 402 g/mol. The van der Waals surface area contributed by atoms with Gasteiger partial charge >= 0.3 is 0 Å². The normalized spacial score (nSPS) is 19.1. The molecule has 0 saturated heterocycles. The lowest BCUT2D eigenvalue weighted by Gasteiger charge is -2.28. The molecule has 162 valence electrons. The van der Waals surface area contributed by atoms with E-state index in [2.05, 4.69) is 35.6 Å². The number of hydrogen-bond acceptors (Lipinski definition) is 4. The molecule has 1 aliphatic carbocycles. The molecule has 1 aromatic rings. The van der Waals surface area contributed by atoms with Gasteiger partial charge in [0.05, 0.1) is 5.60 Å². The minimum absolute atomic E-state index is 0.291. The zero-order valence-electron chi connectivity index (χ0n) is 18.0. The molecule has 4 nitrogen and oxygen atoms in total. The van der Waals surface area contributed by atoms with E-state index >= 15 is 0 Å². The maximum Gasteiger partial charge on any atom is 0.114 e. The van der Waals surface area contributed by atoms with E-state index in [9.17, 15) is 10.2 Å². The van der Waals surface area contributed by atoms with Crippen molar-refractivity contribution >= 4 is 0 Å². The van der Waals surface area contributed by atoms with Gasteiger partial charge in [0.1, 0.15) is 5.76 Å². The highest BCUT2D eigenvalue weighted by atomic mass is 16.5. The third-order valence-corrected chi connectivity index (χ3v) is 5.53. The zero-order valence-corrected chi connectivity index (χ0v) is 18.0. The van der Waals surface area contributed by atoms with Crippen LogP contribution in [0.15, 0.2) is 53.8 Å². The van der Waals surface area contributed by atoms with Crippen LogP contribution in [-0.4, -0.2) is 42.1 Å². The van der Waals surface area contributed by atoms with Gasteiger partial charge in [0, 0.05) is 19.6 Å². The van der Waals surface area contributed by atoms with E-state index in [0.717, 1.165) is 57.6 Å². The minimum atomic E-state index is -0.818. The number of rotatable bonds is 15. The molecule has 1 aliphatic rings. The molecule has 29 heavy (non-hydrogen) atoms. The highest BCUT2D eigenvalue weighted by Gasteiger charge is 2.27. The zero-order chi connectivity index (χ0) is 20.8. The van der Waals surface area contributed by atoms with Crippen LogP contribution < -0.4 is 5.32 Å². The van der Waals surface area contributed by atoms with Gasteiger partial charge in [0.2, 0.25) is 0 Å². The Balaban J connectivity index is 1.33. The van der Waals surface area contributed by atoms with Gasteiger partial charge in [-0.15, -0.1) is 0 Å². The second kappa shape index (κ2) is 13.6. The Hall–Kier alpha value is -1.62. The lowest BCUT2D eigenvalue weighted by atomic mass is 9.87. The molecule has 0 aliphatic heterocycles. The number of aryl methyl sites for hydroxylation is 1. The lowest BCUT2D eigenvalue weighted by molar-refractivity contribution is 0.0780. The van der Waals surface area contributed by atoms with Crippen molar-refractivity contribution in [2.75, 3.05) is 26.3 Å². The van der Waals surface area contributed by atoms with Crippen molar-refractivity contribution in [2.45, 2.75) is 70.3 Å². The van der Waals surface area contributed by atoms with E-state index in [4.69, 9.17) is 4.74 Å². The fourth-order valence-electron chi connectivity index (χ4n) is 3.67. The summed E-state index contributed by atoms with van der Waals surface area (Å²) in [7, 11) is 0. The second-order valence-electron chi connectivity index (χ2n) is 8.25. The number of aliphatic hydroxyl groups excluding tert-OH is 1. The summed E-state index contributed by atoms with van der Waals surface area (Å²) in [6.07, 6.45) is 12.7. The molecule has 0 fully saturated rings. The smallest absolute Gasteiger partial charge is 0.114 e. The summed E-state index contributed by atoms with van der Waals surface area (Å²) in [6, 6.07) is 10.6. The lowest BCUT2D eigenvalue weighted by Crippen LogP contribution is -2.33. The maximum atomic E-state index is 10.5. The molecule has 1 atom stereocenters. The molecule has 3 N–H and O–H groups in total. The van der Waals surface area contributed by atoms with Crippen molar-refractivity contribution in [3.63, 3.8) is 0 Å². The largest absolute Gasteiger partial charge is 0.508 e. The van der Waals surface area contributed by atoms with Crippen molar-refractivity contribution < 1.29 is 14.9 Å². The standard InChI is InChI=1S/C25H39NO3/c1-22-21-25(28,15-14-24(22)27)16-18-26-17-8-2-3-9-19-29-20-10-7-13-23-11-5-4-6-12-23/h4-6,11-12,14-15,26-28H,2-3,7-10,13,16-21H2,1H3. The molecule has 1 unspecified atom stereocenters. The third kappa shape index (κ3) is 10.1. The summed E-state index contributed by atoms with van der Waals surface area (Å²) in [5, 5.41) is 23.5. The molecular weight excluding hydrogens is 362 g/mol. The van der Waals surface area contributed by atoms with Crippen LogP contribution in [0.5, 0.6) is 0 Å². The number of allylic oxidation sites excluding steroid dienone is 1. The van der Waals surface area contributed by atoms with Gasteiger partial charge in [-0.1, -0.05) is 43.2 Å². The first-order valence-electron chi connectivity index (χ1n) is 11.2. The molecule has 2 rings (SSSR count). The number of aliphatic hydroxyl groups is 2. The van der Waals surface area contributed by atoms with Crippen LogP contribution in [0.4, 0.5) is 0 Å². The first-order valence-corrected chi connectivity index (χ1v) is 11.2. The number of benzene rings is 1. The van der Waals surface area contributed by atoms with E-state index in [1.54, 1.807) is 12.2 Å². The predicted octanol–water partition coefficient (Wildman–Crippen LogP) is 5.09. The van der Waals surface area contributed by atoms with E-state index in [-0.39, 0.29) is 0 Å². The topological polar surface area (TPSA) is 61.7 Å². The number of ether oxygens (including phenoxy) is 1. The summed E-state index contributed by atoms with van der Waals surface area (Å²) in [5.74, 6) is 0.291. The average Bonchev–Trinajstić information content (AvgIpc) is 2.72. The summed E-state index contributed by atoms with van der Waals surface area (Å²) in [4.78, 5) is 0. The summed E-state index contributed by atoms with van der Waals surface area (Å²) in [6.45, 7) is 5.39. The van der Waals surface area contributed by atoms with Crippen LogP contribution >= 0.6 is 0 Å². The first-order chi connectivity index (χ1) is 14.1. The number of unbranched alkanes of at least 4 members (excludes halogenated alkanes) is 4. The van der Waals surface area contributed by atoms with Gasteiger partial charge in [-0.2, -0.15) is 0 Å².